The lowest BCUT2D eigenvalue weighted by atomic mass is 10.1. The average molecular weight is 305 g/mol. The van der Waals surface area contributed by atoms with Gasteiger partial charge in [0.05, 0.1) is 7.11 Å². The molecule has 1 saturated heterocycles. The van der Waals surface area contributed by atoms with Crippen LogP contribution < -0.4 is 15.4 Å². The van der Waals surface area contributed by atoms with E-state index in [1.54, 1.807) is 7.11 Å². The van der Waals surface area contributed by atoms with Crippen molar-refractivity contribution in [2.45, 2.75) is 39.3 Å². The highest BCUT2D eigenvalue weighted by Crippen LogP contribution is 2.21. The summed E-state index contributed by atoms with van der Waals surface area (Å²) in [6.07, 6.45) is 3.69. The van der Waals surface area contributed by atoms with Gasteiger partial charge in [-0.2, -0.15) is 0 Å². The third-order valence-electron chi connectivity index (χ3n) is 4.21. The largest absolute Gasteiger partial charge is 0.496 e. The lowest BCUT2D eigenvalue weighted by Gasteiger charge is -2.20. The zero-order valence-electron chi connectivity index (χ0n) is 14.2. The molecular formula is C18H31N3O. The van der Waals surface area contributed by atoms with Crippen LogP contribution in [0.1, 0.15) is 37.3 Å². The van der Waals surface area contributed by atoms with Crippen LogP contribution in [0.4, 0.5) is 0 Å². The van der Waals surface area contributed by atoms with Gasteiger partial charge in [0, 0.05) is 31.7 Å². The molecule has 1 heterocycles. The molecule has 0 aromatic heterocycles. The Hall–Kier alpha value is -1.10. The summed E-state index contributed by atoms with van der Waals surface area (Å²) in [6, 6.07) is 6.66. The van der Waals surface area contributed by atoms with Crippen LogP contribution in [0.5, 0.6) is 5.75 Å². The van der Waals surface area contributed by atoms with E-state index >= 15 is 0 Å². The number of methoxy groups -OCH3 is 1. The van der Waals surface area contributed by atoms with Crippen LogP contribution in [-0.2, 0) is 13.1 Å². The van der Waals surface area contributed by atoms with Crippen molar-refractivity contribution in [3.8, 4) is 5.75 Å². The second kappa shape index (κ2) is 9.82. The number of nitrogens with one attached hydrogen (secondary N) is 2. The van der Waals surface area contributed by atoms with Crippen molar-refractivity contribution in [2.24, 2.45) is 0 Å². The van der Waals surface area contributed by atoms with E-state index in [1.807, 2.05) is 0 Å². The average Bonchev–Trinajstić information content (AvgIpc) is 2.81. The number of nitrogens with zero attached hydrogens (tertiary/aromatic N) is 1. The Balaban J connectivity index is 1.92. The Kier molecular flexibility index (Phi) is 7.71. The summed E-state index contributed by atoms with van der Waals surface area (Å²) in [7, 11) is 1.77. The number of benzene rings is 1. The normalized spacial score (nSPS) is 16.5. The summed E-state index contributed by atoms with van der Waals surface area (Å²) in [6.45, 7) is 9.73. The highest BCUT2D eigenvalue weighted by atomic mass is 16.5. The molecule has 4 nitrogen and oxygen atoms in total. The van der Waals surface area contributed by atoms with Gasteiger partial charge in [-0.05, 0) is 44.1 Å². The monoisotopic (exact) mass is 305 g/mol. The molecule has 0 aliphatic carbocycles. The van der Waals surface area contributed by atoms with Gasteiger partial charge >= 0.3 is 0 Å². The van der Waals surface area contributed by atoms with Crippen LogP contribution in [0, 0.1) is 0 Å². The first-order valence-corrected chi connectivity index (χ1v) is 8.63. The first-order chi connectivity index (χ1) is 10.8. The Morgan fingerprint density at radius 3 is 3.00 bits per heavy atom. The summed E-state index contributed by atoms with van der Waals surface area (Å²) in [4.78, 5) is 2.52. The second-order valence-corrected chi connectivity index (χ2v) is 6.06. The van der Waals surface area contributed by atoms with Crippen molar-refractivity contribution in [1.29, 1.82) is 0 Å². The molecule has 1 aromatic carbocycles. The first kappa shape index (κ1) is 17.3. The van der Waals surface area contributed by atoms with Gasteiger partial charge in [-0.25, -0.2) is 0 Å². The first-order valence-electron chi connectivity index (χ1n) is 8.63. The minimum absolute atomic E-state index is 0.886. The molecule has 0 saturated carbocycles. The van der Waals surface area contributed by atoms with Crippen LogP contribution in [0.3, 0.4) is 0 Å². The molecule has 0 amide bonds. The summed E-state index contributed by atoms with van der Waals surface area (Å²) in [5, 5.41) is 6.94. The van der Waals surface area contributed by atoms with E-state index in [9.17, 15) is 0 Å². The molecule has 1 fully saturated rings. The standard InChI is InChI=1S/C18H31N3O/c1-3-4-8-20-14-17-7-6-16(13-18(17)22-2)15-21-11-5-9-19-10-12-21/h6-7,13,19-20H,3-5,8-12,14-15H2,1-2H3. The van der Waals surface area contributed by atoms with Crippen LogP contribution in [0.25, 0.3) is 0 Å². The lowest BCUT2D eigenvalue weighted by molar-refractivity contribution is 0.284. The Morgan fingerprint density at radius 1 is 1.27 bits per heavy atom. The van der Waals surface area contributed by atoms with Gasteiger partial charge in [0.25, 0.3) is 0 Å². The molecular weight excluding hydrogens is 274 g/mol. The highest BCUT2D eigenvalue weighted by Gasteiger charge is 2.11. The second-order valence-electron chi connectivity index (χ2n) is 6.06. The predicted octanol–water partition coefficient (Wildman–Crippen LogP) is 2.38. The van der Waals surface area contributed by atoms with Crippen LogP contribution >= 0.6 is 0 Å². The van der Waals surface area contributed by atoms with Crippen molar-refractivity contribution in [2.75, 3.05) is 39.8 Å². The third kappa shape index (κ3) is 5.59. The Morgan fingerprint density at radius 2 is 2.18 bits per heavy atom. The zero-order chi connectivity index (χ0) is 15.6. The quantitative estimate of drug-likeness (QED) is 0.723. The predicted molar refractivity (Wildman–Crippen MR) is 92.4 cm³/mol. The molecule has 0 radical (unpaired) electrons. The minimum Gasteiger partial charge on any atom is -0.496 e. The SMILES string of the molecule is CCCCNCc1ccc(CN2CCCNCC2)cc1OC. The topological polar surface area (TPSA) is 36.5 Å². The highest BCUT2D eigenvalue weighted by molar-refractivity contribution is 5.37. The number of hydrogen-bond donors (Lipinski definition) is 2. The van der Waals surface area contributed by atoms with Crippen LogP contribution in [0.15, 0.2) is 18.2 Å². The van der Waals surface area contributed by atoms with E-state index in [2.05, 4.69) is 40.7 Å². The van der Waals surface area contributed by atoms with E-state index in [-0.39, 0.29) is 0 Å². The summed E-state index contributed by atoms with van der Waals surface area (Å²) in [5.41, 5.74) is 2.59. The Labute approximate surface area is 135 Å². The smallest absolute Gasteiger partial charge is 0.123 e. The molecule has 1 aliphatic rings. The van der Waals surface area contributed by atoms with Gasteiger partial charge in [-0.3, -0.25) is 4.90 Å². The van der Waals surface area contributed by atoms with Gasteiger partial charge in [-0.15, -0.1) is 0 Å². The summed E-state index contributed by atoms with van der Waals surface area (Å²) in [5.74, 6) is 1.01. The third-order valence-corrected chi connectivity index (χ3v) is 4.21. The van der Waals surface area contributed by atoms with Crippen molar-refractivity contribution in [1.82, 2.24) is 15.5 Å². The van der Waals surface area contributed by atoms with Crippen LogP contribution in [0.2, 0.25) is 0 Å². The minimum atomic E-state index is 0.886. The molecule has 2 rings (SSSR count). The van der Waals surface area contributed by atoms with Gasteiger partial charge in [0.15, 0.2) is 0 Å². The molecule has 0 bridgehead atoms. The fourth-order valence-electron chi connectivity index (χ4n) is 2.88. The van der Waals surface area contributed by atoms with Crippen molar-refractivity contribution in [3.63, 3.8) is 0 Å². The fourth-order valence-corrected chi connectivity index (χ4v) is 2.88. The van der Waals surface area contributed by atoms with Crippen molar-refractivity contribution >= 4 is 0 Å². The zero-order valence-corrected chi connectivity index (χ0v) is 14.2. The molecule has 124 valence electrons. The molecule has 1 aliphatic heterocycles. The van der Waals surface area contributed by atoms with Gasteiger partial charge in [-0.1, -0.05) is 25.5 Å². The molecule has 4 heteroatoms. The van der Waals surface area contributed by atoms with E-state index in [0.717, 1.165) is 45.0 Å². The summed E-state index contributed by atoms with van der Waals surface area (Å²) >= 11 is 0. The van der Waals surface area contributed by atoms with E-state index < -0.39 is 0 Å². The molecule has 1 aromatic rings. The molecule has 0 unspecified atom stereocenters. The van der Waals surface area contributed by atoms with E-state index in [0.29, 0.717) is 0 Å². The van der Waals surface area contributed by atoms with E-state index in [4.69, 9.17) is 4.74 Å². The molecule has 0 atom stereocenters. The van der Waals surface area contributed by atoms with Crippen LogP contribution in [-0.4, -0.2) is 44.7 Å². The van der Waals surface area contributed by atoms with E-state index in [1.165, 1.54) is 36.9 Å². The van der Waals surface area contributed by atoms with Crippen molar-refractivity contribution < 1.29 is 4.74 Å². The molecule has 22 heavy (non-hydrogen) atoms. The molecule has 0 spiro atoms. The lowest BCUT2D eigenvalue weighted by Crippen LogP contribution is -2.27. The van der Waals surface area contributed by atoms with Gasteiger partial charge < -0.3 is 15.4 Å². The van der Waals surface area contributed by atoms with Crippen molar-refractivity contribution in [3.05, 3.63) is 29.3 Å². The number of rotatable bonds is 8. The molecule has 2 N–H and O–H groups in total. The summed E-state index contributed by atoms with van der Waals surface area (Å²) < 4.78 is 5.59. The maximum atomic E-state index is 5.59. The Bertz CT molecular complexity index is 428. The van der Waals surface area contributed by atoms with Gasteiger partial charge in [0.1, 0.15) is 5.75 Å². The van der Waals surface area contributed by atoms with Gasteiger partial charge in [0.2, 0.25) is 0 Å². The maximum Gasteiger partial charge on any atom is 0.123 e. The fraction of sp³-hybridized carbons (Fsp3) is 0.667. The number of unbranched alkanes of at least 4 members (excludes halogenated alkanes) is 1. The number of ether oxygens (including phenoxy) is 1. The maximum absolute atomic E-state index is 5.59. The number of hydrogen-bond acceptors (Lipinski definition) is 4.